The number of halogens is 2. The van der Waals surface area contributed by atoms with Gasteiger partial charge in [0.05, 0.1) is 0 Å². The average molecular weight is 311 g/mol. The first-order chi connectivity index (χ1) is 9.97. The van der Waals surface area contributed by atoms with Crippen LogP contribution in [0.3, 0.4) is 0 Å². The highest BCUT2D eigenvalue weighted by atomic mass is 32.1. The lowest BCUT2D eigenvalue weighted by Gasteiger charge is -2.21. The molecule has 1 aromatic carbocycles. The van der Waals surface area contributed by atoms with E-state index in [9.17, 15) is 8.78 Å². The summed E-state index contributed by atoms with van der Waals surface area (Å²) in [5.74, 6) is 0.224. The van der Waals surface area contributed by atoms with Crippen LogP contribution in [0.25, 0.3) is 0 Å². The highest BCUT2D eigenvalue weighted by Gasteiger charge is 2.17. The van der Waals surface area contributed by atoms with Crippen LogP contribution in [0.4, 0.5) is 8.78 Å². The van der Waals surface area contributed by atoms with Gasteiger partial charge in [-0.3, -0.25) is 0 Å². The quantitative estimate of drug-likeness (QED) is 0.804. The minimum atomic E-state index is -2.81. The number of ether oxygens (including phenoxy) is 1. The summed E-state index contributed by atoms with van der Waals surface area (Å²) >= 11 is 1.73. The second kappa shape index (κ2) is 7.00. The first kappa shape index (κ1) is 15.9. The largest absolute Gasteiger partial charge is 0.434 e. The van der Waals surface area contributed by atoms with Crippen molar-refractivity contribution in [3.05, 3.63) is 51.7 Å². The van der Waals surface area contributed by atoms with Gasteiger partial charge in [-0.1, -0.05) is 18.2 Å². The monoisotopic (exact) mass is 311 g/mol. The van der Waals surface area contributed by atoms with Crippen LogP contribution in [0.1, 0.15) is 41.2 Å². The molecule has 0 radical (unpaired) electrons. The Morgan fingerprint density at radius 3 is 2.38 bits per heavy atom. The van der Waals surface area contributed by atoms with E-state index in [1.807, 2.05) is 19.1 Å². The summed E-state index contributed by atoms with van der Waals surface area (Å²) in [6.45, 7) is 3.27. The van der Waals surface area contributed by atoms with E-state index in [0.29, 0.717) is 0 Å². The molecule has 0 fully saturated rings. The van der Waals surface area contributed by atoms with Crippen molar-refractivity contribution in [1.82, 2.24) is 5.32 Å². The van der Waals surface area contributed by atoms with Crippen LogP contribution in [0.15, 0.2) is 36.4 Å². The second-order valence-corrected chi connectivity index (χ2v) is 6.29. The van der Waals surface area contributed by atoms with Crippen molar-refractivity contribution >= 4 is 11.3 Å². The van der Waals surface area contributed by atoms with Gasteiger partial charge < -0.3 is 10.1 Å². The van der Waals surface area contributed by atoms with Gasteiger partial charge in [-0.2, -0.15) is 8.78 Å². The van der Waals surface area contributed by atoms with E-state index in [0.717, 1.165) is 5.56 Å². The summed E-state index contributed by atoms with van der Waals surface area (Å²) < 4.78 is 29.5. The molecule has 1 aromatic heterocycles. The molecular formula is C16H19F2NOS. The minimum Gasteiger partial charge on any atom is -0.434 e. The molecule has 1 N–H and O–H groups in total. The number of hydrogen-bond donors (Lipinski definition) is 1. The molecule has 2 unspecified atom stereocenters. The molecule has 0 saturated heterocycles. The summed E-state index contributed by atoms with van der Waals surface area (Å²) in [6.07, 6.45) is 0. The number of alkyl halides is 2. The van der Waals surface area contributed by atoms with Gasteiger partial charge in [-0.25, -0.2) is 0 Å². The molecule has 2 nitrogen and oxygen atoms in total. The fourth-order valence-corrected chi connectivity index (χ4v) is 3.16. The van der Waals surface area contributed by atoms with Crippen molar-refractivity contribution < 1.29 is 13.5 Å². The Bertz CT molecular complexity index is 585. The molecule has 0 spiro atoms. The first-order valence-electron chi connectivity index (χ1n) is 6.83. The number of para-hydroxylation sites is 1. The van der Waals surface area contributed by atoms with E-state index >= 15 is 0 Å². The number of rotatable bonds is 6. The van der Waals surface area contributed by atoms with Gasteiger partial charge in [0.2, 0.25) is 0 Å². The first-order valence-corrected chi connectivity index (χ1v) is 7.65. The van der Waals surface area contributed by atoms with E-state index in [4.69, 9.17) is 0 Å². The molecule has 0 aliphatic carbocycles. The third-order valence-corrected chi connectivity index (χ3v) is 4.47. The fourth-order valence-electron chi connectivity index (χ4n) is 2.27. The van der Waals surface area contributed by atoms with Gasteiger partial charge in [0, 0.05) is 27.4 Å². The van der Waals surface area contributed by atoms with Gasteiger partial charge in [0.1, 0.15) is 5.75 Å². The zero-order valence-corrected chi connectivity index (χ0v) is 13.1. The Morgan fingerprint density at radius 2 is 1.76 bits per heavy atom. The molecule has 0 saturated carbocycles. The van der Waals surface area contributed by atoms with E-state index in [2.05, 4.69) is 36.0 Å². The average Bonchev–Trinajstić information content (AvgIpc) is 2.85. The van der Waals surface area contributed by atoms with Crippen molar-refractivity contribution in [1.29, 1.82) is 0 Å². The predicted molar refractivity (Wildman–Crippen MR) is 82.1 cm³/mol. The van der Waals surface area contributed by atoms with Crippen molar-refractivity contribution in [2.45, 2.75) is 39.5 Å². The lowest BCUT2D eigenvalue weighted by molar-refractivity contribution is -0.0506. The van der Waals surface area contributed by atoms with Crippen molar-refractivity contribution in [3.63, 3.8) is 0 Å². The molecule has 2 rings (SSSR count). The Morgan fingerprint density at radius 1 is 1.05 bits per heavy atom. The number of nitrogens with one attached hydrogen (secondary N) is 1. The molecular weight excluding hydrogens is 292 g/mol. The van der Waals surface area contributed by atoms with Gasteiger partial charge in [0.15, 0.2) is 0 Å². The third kappa shape index (κ3) is 4.25. The van der Waals surface area contributed by atoms with Gasteiger partial charge in [-0.05, 0) is 39.0 Å². The highest BCUT2D eigenvalue weighted by molar-refractivity contribution is 7.12. The second-order valence-electron chi connectivity index (χ2n) is 4.97. The Kier molecular flexibility index (Phi) is 5.31. The van der Waals surface area contributed by atoms with Gasteiger partial charge in [0.25, 0.3) is 0 Å². The molecule has 0 aliphatic rings. The standard InChI is InChI=1S/C16H19F2NOS/c1-10-8-9-15(21-10)12(3)19-11(2)13-6-4-5-7-14(13)20-16(17)18/h4-9,11-12,16,19H,1-3H3. The molecule has 2 atom stereocenters. The molecule has 2 aromatic rings. The van der Waals surface area contributed by atoms with E-state index < -0.39 is 6.61 Å². The number of thiophene rings is 1. The van der Waals surface area contributed by atoms with Crippen LogP contribution in [-0.2, 0) is 0 Å². The summed E-state index contributed by atoms with van der Waals surface area (Å²) in [5.41, 5.74) is 0.734. The molecule has 0 bridgehead atoms. The highest BCUT2D eigenvalue weighted by Crippen LogP contribution is 2.29. The molecule has 0 aliphatic heterocycles. The van der Waals surface area contributed by atoms with Crippen LogP contribution < -0.4 is 10.1 Å². The van der Waals surface area contributed by atoms with Crippen LogP contribution in [0.5, 0.6) is 5.75 Å². The molecule has 21 heavy (non-hydrogen) atoms. The maximum Gasteiger partial charge on any atom is 0.387 e. The Balaban J connectivity index is 2.11. The molecule has 5 heteroatoms. The van der Waals surface area contributed by atoms with E-state index in [1.165, 1.54) is 9.75 Å². The predicted octanol–water partition coefficient (Wildman–Crippen LogP) is 5.07. The summed E-state index contributed by atoms with van der Waals surface area (Å²) in [5, 5.41) is 3.42. The molecule has 0 amide bonds. The summed E-state index contributed by atoms with van der Waals surface area (Å²) in [6, 6.07) is 11.1. The topological polar surface area (TPSA) is 21.3 Å². The van der Waals surface area contributed by atoms with Crippen molar-refractivity contribution in [2.24, 2.45) is 0 Å². The SMILES string of the molecule is Cc1ccc(C(C)NC(C)c2ccccc2OC(F)F)s1. The van der Waals surface area contributed by atoms with E-state index in [-0.39, 0.29) is 17.8 Å². The van der Waals surface area contributed by atoms with Crippen LogP contribution in [0.2, 0.25) is 0 Å². The molecule has 114 valence electrons. The fraction of sp³-hybridized carbons (Fsp3) is 0.375. The smallest absolute Gasteiger partial charge is 0.387 e. The van der Waals surface area contributed by atoms with Crippen LogP contribution >= 0.6 is 11.3 Å². The number of hydrogen-bond acceptors (Lipinski definition) is 3. The van der Waals surface area contributed by atoms with Gasteiger partial charge in [-0.15, -0.1) is 11.3 Å². The zero-order valence-electron chi connectivity index (χ0n) is 12.3. The summed E-state index contributed by atoms with van der Waals surface area (Å²) in [7, 11) is 0. The normalized spacial score (nSPS) is 14.2. The van der Waals surface area contributed by atoms with Gasteiger partial charge >= 0.3 is 6.61 Å². The zero-order chi connectivity index (χ0) is 15.4. The van der Waals surface area contributed by atoms with Crippen molar-refractivity contribution in [3.8, 4) is 5.75 Å². The van der Waals surface area contributed by atoms with E-state index in [1.54, 1.807) is 23.5 Å². The lowest BCUT2D eigenvalue weighted by atomic mass is 10.1. The molecule has 1 heterocycles. The maximum absolute atomic E-state index is 12.5. The number of aryl methyl sites for hydroxylation is 1. The third-order valence-electron chi connectivity index (χ3n) is 3.29. The minimum absolute atomic E-state index is 0.0858. The summed E-state index contributed by atoms with van der Waals surface area (Å²) in [4.78, 5) is 2.49. The maximum atomic E-state index is 12.5. The van der Waals surface area contributed by atoms with Crippen LogP contribution in [-0.4, -0.2) is 6.61 Å². The van der Waals surface area contributed by atoms with Crippen LogP contribution in [0, 0.1) is 6.92 Å². The Hall–Kier alpha value is -1.46. The Labute approximate surface area is 127 Å². The van der Waals surface area contributed by atoms with Crippen molar-refractivity contribution in [2.75, 3.05) is 0 Å². The lowest BCUT2D eigenvalue weighted by Crippen LogP contribution is -2.22. The number of benzene rings is 1.